The van der Waals surface area contributed by atoms with Crippen LogP contribution in [0, 0.1) is 0 Å². The maximum Gasteiger partial charge on any atom is 0.308 e. The quantitative estimate of drug-likeness (QED) is 0.816. The number of hydrogen-bond donors (Lipinski definition) is 2. The van der Waals surface area contributed by atoms with E-state index in [4.69, 9.17) is 5.11 Å². The van der Waals surface area contributed by atoms with E-state index in [1.54, 1.807) is 11.3 Å². The van der Waals surface area contributed by atoms with Crippen LogP contribution in [0.3, 0.4) is 0 Å². The highest BCUT2D eigenvalue weighted by molar-refractivity contribution is 7.12. The van der Waals surface area contributed by atoms with Gasteiger partial charge in [-0.25, -0.2) is 0 Å². The third kappa shape index (κ3) is 3.30. The Morgan fingerprint density at radius 2 is 2.06 bits per heavy atom. The van der Waals surface area contributed by atoms with Crippen molar-refractivity contribution >= 4 is 17.3 Å². The van der Waals surface area contributed by atoms with E-state index < -0.39 is 5.97 Å². The summed E-state index contributed by atoms with van der Waals surface area (Å²) in [4.78, 5) is 15.2. The van der Waals surface area contributed by atoms with Crippen molar-refractivity contribution in [1.29, 1.82) is 0 Å². The zero-order valence-corrected chi connectivity index (χ0v) is 9.92. The lowest BCUT2D eigenvalue weighted by Gasteiger charge is -2.26. The first kappa shape index (κ1) is 11.6. The summed E-state index contributed by atoms with van der Waals surface area (Å²) < 4.78 is 0. The van der Waals surface area contributed by atoms with Crippen molar-refractivity contribution in [3.8, 4) is 0 Å². The lowest BCUT2D eigenvalue weighted by molar-refractivity contribution is -0.136. The zero-order chi connectivity index (χ0) is 11.4. The molecule has 0 aliphatic carbocycles. The van der Waals surface area contributed by atoms with Crippen LogP contribution in [0.5, 0.6) is 0 Å². The molecule has 0 atom stereocenters. The van der Waals surface area contributed by atoms with Gasteiger partial charge in [0.15, 0.2) is 0 Å². The second kappa shape index (κ2) is 5.43. The fourth-order valence-electron chi connectivity index (χ4n) is 1.84. The fraction of sp³-hybridized carbons (Fsp3) is 0.545. The Labute approximate surface area is 98.9 Å². The lowest BCUT2D eigenvalue weighted by Crippen LogP contribution is -2.42. The van der Waals surface area contributed by atoms with Crippen molar-refractivity contribution in [3.05, 3.63) is 21.9 Å². The Morgan fingerprint density at radius 1 is 1.38 bits per heavy atom. The predicted molar refractivity (Wildman–Crippen MR) is 63.8 cm³/mol. The van der Waals surface area contributed by atoms with Crippen molar-refractivity contribution in [2.24, 2.45) is 0 Å². The summed E-state index contributed by atoms with van der Waals surface area (Å²) in [7, 11) is 0. The van der Waals surface area contributed by atoms with E-state index in [9.17, 15) is 4.79 Å². The number of aliphatic carboxylic acids is 1. The van der Waals surface area contributed by atoms with Gasteiger partial charge in [0.05, 0.1) is 6.42 Å². The van der Waals surface area contributed by atoms with Gasteiger partial charge in [-0.3, -0.25) is 9.69 Å². The Hall–Kier alpha value is -0.910. The molecule has 1 aliphatic rings. The lowest BCUT2D eigenvalue weighted by atomic mass is 10.3. The van der Waals surface area contributed by atoms with Crippen LogP contribution >= 0.6 is 11.3 Å². The molecule has 0 aromatic carbocycles. The molecular weight excluding hydrogens is 224 g/mol. The summed E-state index contributed by atoms with van der Waals surface area (Å²) in [6.07, 6.45) is 0.145. The minimum atomic E-state index is -0.754. The standard InChI is InChI=1S/C11H16N2O2S/c14-11(15)7-9-1-2-10(16-9)8-13-5-3-12-4-6-13/h1-2,12H,3-8H2,(H,14,15). The van der Waals surface area contributed by atoms with Gasteiger partial charge in [0.2, 0.25) is 0 Å². The molecule has 1 aromatic heterocycles. The van der Waals surface area contributed by atoms with Crippen molar-refractivity contribution in [2.45, 2.75) is 13.0 Å². The smallest absolute Gasteiger partial charge is 0.308 e. The normalized spacial score (nSPS) is 17.5. The molecule has 2 N–H and O–H groups in total. The van der Waals surface area contributed by atoms with Gasteiger partial charge in [0.25, 0.3) is 0 Å². The number of thiophene rings is 1. The average molecular weight is 240 g/mol. The van der Waals surface area contributed by atoms with Gasteiger partial charge in [-0.15, -0.1) is 11.3 Å². The van der Waals surface area contributed by atoms with Crippen molar-refractivity contribution in [2.75, 3.05) is 26.2 Å². The molecule has 16 heavy (non-hydrogen) atoms. The molecule has 0 radical (unpaired) electrons. The number of piperazine rings is 1. The van der Waals surface area contributed by atoms with E-state index in [0.29, 0.717) is 0 Å². The van der Waals surface area contributed by atoms with Crippen LogP contribution in [0.25, 0.3) is 0 Å². The molecule has 0 unspecified atom stereocenters. The molecule has 0 bridgehead atoms. The summed E-state index contributed by atoms with van der Waals surface area (Å²) in [6, 6.07) is 3.97. The largest absolute Gasteiger partial charge is 0.481 e. The molecule has 2 heterocycles. The highest BCUT2D eigenvalue weighted by Crippen LogP contribution is 2.19. The number of nitrogens with one attached hydrogen (secondary N) is 1. The molecule has 2 rings (SSSR count). The number of carboxylic acid groups (broad SMARTS) is 1. The highest BCUT2D eigenvalue weighted by atomic mass is 32.1. The van der Waals surface area contributed by atoms with Crippen molar-refractivity contribution < 1.29 is 9.90 Å². The van der Waals surface area contributed by atoms with Crippen LogP contribution in [0.2, 0.25) is 0 Å². The van der Waals surface area contributed by atoms with Gasteiger partial charge in [0, 0.05) is 42.5 Å². The maximum atomic E-state index is 10.6. The molecule has 0 amide bonds. The first-order valence-corrected chi connectivity index (χ1v) is 6.28. The summed E-state index contributed by atoms with van der Waals surface area (Å²) in [5.74, 6) is -0.754. The molecule has 1 aromatic rings. The molecule has 1 saturated heterocycles. The number of nitrogens with zero attached hydrogens (tertiary/aromatic N) is 1. The van der Waals surface area contributed by atoms with E-state index in [2.05, 4.69) is 10.2 Å². The summed E-state index contributed by atoms with van der Waals surface area (Å²) >= 11 is 1.61. The van der Waals surface area contributed by atoms with Gasteiger partial charge >= 0.3 is 5.97 Å². The van der Waals surface area contributed by atoms with Gasteiger partial charge in [-0.2, -0.15) is 0 Å². The monoisotopic (exact) mass is 240 g/mol. The number of carboxylic acids is 1. The summed E-state index contributed by atoms with van der Waals surface area (Å²) in [6.45, 7) is 5.20. The molecule has 0 spiro atoms. The minimum absolute atomic E-state index is 0.145. The van der Waals surface area contributed by atoms with E-state index >= 15 is 0 Å². The molecule has 1 fully saturated rings. The van der Waals surface area contributed by atoms with Crippen LogP contribution < -0.4 is 5.32 Å². The number of carbonyl (C=O) groups is 1. The van der Waals surface area contributed by atoms with Gasteiger partial charge in [-0.05, 0) is 12.1 Å². The predicted octanol–water partition coefficient (Wildman–Crippen LogP) is 0.780. The van der Waals surface area contributed by atoms with Gasteiger partial charge < -0.3 is 10.4 Å². The van der Waals surface area contributed by atoms with Gasteiger partial charge in [0.1, 0.15) is 0 Å². The van der Waals surface area contributed by atoms with E-state index in [-0.39, 0.29) is 6.42 Å². The van der Waals surface area contributed by atoms with E-state index in [1.807, 2.05) is 12.1 Å². The van der Waals surface area contributed by atoms with Crippen LogP contribution in [0.4, 0.5) is 0 Å². The van der Waals surface area contributed by atoms with Crippen LogP contribution in [0.15, 0.2) is 12.1 Å². The highest BCUT2D eigenvalue weighted by Gasteiger charge is 2.11. The average Bonchev–Trinajstić information content (AvgIpc) is 2.66. The Bertz CT molecular complexity index is 359. The SMILES string of the molecule is O=C(O)Cc1ccc(CN2CCNCC2)s1. The third-order valence-electron chi connectivity index (χ3n) is 2.63. The second-order valence-electron chi connectivity index (χ2n) is 3.96. The minimum Gasteiger partial charge on any atom is -0.481 e. The maximum absolute atomic E-state index is 10.6. The molecule has 88 valence electrons. The molecule has 0 saturated carbocycles. The third-order valence-corrected chi connectivity index (χ3v) is 3.70. The van der Waals surface area contributed by atoms with Crippen LogP contribution in [-0.4, -0.2) is 42.2 Å². The summed E-state index contributed by atoms with van der Waals surface area (Å²) in [5, 5.41) is 12.0. The first-order valence-electron chi connectivity index (χ1n) is 5.46. The first-order chi connectivity index (χ1) is 7.74. The Balaban J connectivity index is 1.88. The van der Waals surface area contributed by atoms with E-state index in [0.717, 1.165) is 37.6 Å². The topological polar surface area (TPSA) is 52.6 Å². The van der Waals surface area contributed by atoms with E-state index in [1.165, 1.54) is 4.88 Å². The summed E-state index contributed by atoms with van der Waals surface area (Å²) in [5.41, 5.74) is 0. The zero-order valence-electron chi connectivity index (χ0n) is 9.11. The molecule has 5 heteroatoms. The van der Waals surface area contributed by atoms with Crippen LogP contribution in [-0.2, 0) is 17.8 Å². The number of rotatable bonds is 4. The Kier molecular flexibility index (Phi) is 3.93. The van der Waals surface area contributed by atoms with Crippen molar-refractivity contribution in [3.63, 3.8) is 0 Å². The molecule has 4 nitrogen and oxygen atoms in total. The number of hydrogen-bond acceptors (Lipinski definition) is 4. The fourth-order valence-corrected chi connectivity index (χ4v) is 2.89. The van der Waals surface area contributed by atoms with Gasteiger partial charge in [-0.1, -0.05) is 0 Å². The molecular formula is C11H16N2O2S. The molecule has 1 aliphatic heterocycles. The Morgan fingerprint density at radius 3 is 2.75 bits per heavy atom. The second-order valence-corrected chi connectivity index (χ2v) is 5.22. The van der Waals surface area contributed by atoms with Crippen LogP contribution in [0.1, 0.15) is 9.75 Å². The van der Waals surface area contributed by atoms with Crippen molar-refractivity contribution in [1.82, 2.24) is 10.2 Å².